The maximum Gasteiger partial charge on any atom is 0.126 e. The van der Waals surface area contributed by atoms with Crippen molar-refractivity contribution in [1.29, 1.82) is 0 Å². The van der Waals surface area contributed by atoms with Crippen LogP contribution in [0.3, 0.4) is 0 Å². The van der Waals surface area contributed by atoms with Gasteiger partial charge in [-0.2, -0.15) is 11.3 Å². The highest BCUT2D eigenvalue weighted by Gasteiger charge is 2.25. The molecule has 100 valence electrons. The van der Waals surface area contributed by atoms with Gasteiger partial charge in [-0.3, -0.25) is 0 Å². The Labute approximate surface area is 117 Å². The summed E-state index contributed by atoms with van der Waals surface area (Å²) in [5.41, 5.74) is 3.43. The summed E-state index contributed by atoms with van der Waals surface area (Å²) in [6.07, 6.45) is 2.89. The molecule has 1 aromatic heterocycles. The van der Waals surface area contributed by atoms with Crippen LogP contribution in [-0.4, -0.2) is 6.04 Å². The number of thiophene rings is 1. The van der Waals surface area contributed by atoms with Gasteiger partial charge in [0.1, 0.15) is 5.82 Å². The molecule has 1 N–H and O–H groups in total. The van der Waals surface area contributed by atoms with Gasteiger partial charge in [0, 0.05) is 12.1 Å². The molecule has 0 fully saturated rings. The van der Waals surface area contributed by atoms with Crippen molar-refractivity contribution in [1.82, 2.24) is 5.32 Å². The first-order valence-corrected chi connectivity index (χ1v) is 7.72. The highest BCUT2D eigenvalue weighted by molar-refractivity contribution is 7.07. The molecule has 19 heavy (non-hydrogen) atoms. The molecule has 0 saturated carbocycles. The van der Waals surface area contributed by atoms with Crippen LogP contribution < -0.4 is 5.32 Å². The number of fused-ring (bicyclic) bond motifs is 1. The maximum atomic E-state index is 13.7. The fourth-order valence-electron chi connectivity index (χ4n) is 2.95. The van der Waals surface area contributed by atoms with E-state index in [2.05, 4.69) is 35.1 Å². The first-order valence-electron chi connectivity index (χ1n) is 6.78. The van der Waals surface area contributed by atoms with E-state index in [9.17, 15) is 4.39 Å². The maximum absolute atomic E-state index is 13.7. The van der Waals surface area contributed by atoms with Crippen molar-refractivity contribution in [2.45, 2.75) is 38.3 Å². The van der Waals surface area contributed by atoms with Crippen LogP contribution in [0.1, 0.15) is 36.1 Å². The van der Waals surface area contributed by atoms with E-state index in [4.69, 9.17) is 0 Å². The van der Waals surface area contributed by atoms with E-state index in [1.165, 1.54) is 5.56 Å². The van der Waals surface area contributed by atoms with Gasteiger partial charge in [0.2, 0.25) is 0 Å². The number of benzene rings is 1. The van der Waals surface area contributed by atoms with Gasteiger partial charge in [-0.1, -0.05) is 12.1 Å². The molecular weight excluding hydrogens is 257 g/mol. The highest BCUT2D eigenvalue weighted by Crippen LogP contribution is 2.33. The molecule has 2 unspecified atom stereocenters. The van der Waals surface area contributed by atoms with Crippen LogP contribution in [0.4, 0.5) is 4.39 Å². The molecule has 0 saturated heterocycles. The minimum Gasteiger partial charge on any atom is -0.307 e. The largest absolute Gasteiger partial charge is 0.307 e. The third kappa shape index (κ3) is 2.72. The smallest absolute Gasteiger partial charge is 0.126 e. The zero-order chi connectivity index (χ0) is 13.2. The fraction of sp³-hybridized carbons (Fsp3) is 0.375. The van der Waals surface area contributed by atoms with Gasteiger partial charge in [-0.05, 0) is 65.8 Å². The molecule has 3 rings (SSSR count). The van der Waals surface area contributed by atoms with E-state index >= 15 is 0 Å². The number of hydrogen-bond acceptors (Lipinski definition) is 2. The van der Waals surface area contributed by atoms with Crippen LogP contribution in [0.2, 0.25) is 0 Å². The van der Waals surface area contributed by atoms with E-state index in [-0.39, 0.29) is 5.82 Å². The molecule has 1 nitrogen and oxygen atoms in total. The zero-order valence-electron chi connectivity index (χ0n) is 11.0. The molecule has 0 bridgehead atoms. The molecule has 1 aliphatic carbocycles. The zero-order valence-corrected chi connectivity index (χ0v) is 11.8. The molecule has 1 aromatic carbocycles. The Kier molecular flexibility index (Phi) is 3.67. The Balaban J connectivity index is 1.68. The third-order valence-electron chi connectivity index (χ3n) is 3.82. The summed E-state index contributed by atoms with van der Waals surface area (Å²) in [6.45, 7) is 2.20. The first-order chi connectivity index (χ1) is 9.24. The Morgan fingerprint density at radius 2 is 2.32 bits per heavy atom. The lowest BCUT2D eigenvalue weighted by Gasteiger charge is -2.20. The molecule has 0 aliphatic heterocycles. The molecule has 1 aliphatic rings. The summed E-state index contributed by atoms with van der Waals surface area (Å²) in [4.78, 5) is 0. The van der Waals surface area contributed by atoms with E-state index in [0.29, 0.717) is 12.1 Å². The van der Waals surface area contributed by atoms with Crippen LogP contribution in [0.15, 0.2) is 35.0 Å². The normalized spacial score (nSPS) is 19.4. The SMILES string of the molecule is CC(Cc1ccsc1)NC1CCc2c(F)cccc21. The van der Waals surface area contributed by atoms with Crippen molar-refractivity contribution in [3.63, 3.8) is 0 Å². The van der Waals surface area contributed by atoms with Crippen molar-refractivity contribution < 1.29 is 4.39 Å². The van der Waals surface area contributed by atoms with Gasteiger partial charge >= 0.3 is 0 Å². The van der Waals surface area contributed by atoms with Crippen LogP contribution in [-0.2, 0) is 12.8 Å². The average Bonchev–Trinajstić information content (AvgIpc) is 3.01. The Bertz CT molecular complexity index is 550. The van der Waals surface area contributed by atoms with Gasteiger partial charge in [-0.25, -0.2) is 4.39 Å². The summed E-state index contributed by atoms with van der Waals surface area (Å²) >= 11 is 1.74. The topological polar surface area (TPSA) is 12.0 Å². The second-order valence-electron chi connectivity index (χ2n) is 5.30. The van der Waals surface area contributed by atoms with Gasteiger partial charge in [0.15, 0.2) is 0 Å². The van der Waals surface area contributed by atoms with Crippen molar-refractivity contribution in [3.8, 4) is 0 Å². The van der Waals surface area contributed by atoms with Gasteiger partial charge in [0.25, 0.3) is 0 Å². The van der Waals surface area contributed by atoms with E-state index < -0.39 is 0 Å². The summed E-state index contributed by atoms with van der Waals surface area (Å²) in [6, 6.07) is 8.33. The molecule has 0 radical (unpaired) electrons. The van der Waals surface area contributed by atoms with Gasteiger partial charge in [-0.15, -0.1) is 0 Å². The second-order valence-corrected chi connectivity index (χ2v) is 6.08. The Morgan fingerprint density at radius 1 is 1.42 bits per heavy atom. The van der Waals surface area contributed by atoms with Crippen molar-refractivity contribution in [2.75, 3.05) is 0 Å². The summed E-state index contributed by atoms with van der Waals surface area (Å²) in [5, 5.41) is 7.95. The highest BCUT2D eigenvalue weighted by atomic mass is 32.1. The first kappa shape index (κ1) is 12.8. The summed E-state index contributed by atoms with van der Waals surface area (Å²) in [5.74, 6) is -0.0488. The predicted octanol–water partition coefficient (Wildman–Crippen LogP) is 4.10. The van der Waals surface area contributed by atoms with Crippen LogP contribution in [0, 0.1) is 5.82 Å². The molecule has 3 heteroatoms. The van der Waals surface area contributed by atoms with E-state index in [1.54, 1.807) is 17.4 Å². The van der Waals surface area contributed by atoms with E-state index in [1.807, 2.05) is 6.07 Å². The summed E-state index contributed by atoms with van der Waals surface area (Å²) in [7, 11) is 0. The number of hydrogen-bond donors (Lipinski definition) is 1. The lowest BCUT2D eigenvalue weighted by molar-refractivity contribution is 0.451. The number of rotatable bonds is 4. The van der Waals surface area contributed by atoms with E-state index in [0.717, 1.165) is 30.4 Å². The predicted molar refractivity (Wildman–Crippen MR) is 78.1 cm³/mol. The Hall–Kier alpha value is -1.19. The summed E-state index contributed by atoms with van der Waals surface area (Å²) < 4.78 is 13.7. The van der Waals surface area contributed by atoms with Crippen LogP contribution >= 0.6 is 11.3 Å². The quantitative estimate of drug-likeness (QED) is 0.886. The van der Waals surface area contributed by atoms with Gasteiger partial charge < -0.3 is 5.32 Å². The Morgan fingerprint density at radius 3 is 3.11 bits per heavy atom. The molecular formula is C16H18FNS. The lowest BCUT2D eigenvalue weighted by atomic mass is 10.1. The monoisotopic (exact) mass is 275 g/mol. The standard InChI is InChI=1S/C16H18FNS/c1-11(9-12-7-8-19-10-12)18-16-6-5-13-14(16)3-2-4-15(13)17/h2-4,7-8,10-11,16,18H,5-6,9H2,1H3. The van der Waals surface area contributed by atoms with Crippen molar-refractivity contribution >= 4 is 11.3 Å². The molecule has 1 heterocycles. The van der Waals surface area contributed by atoms with Crippen molar-refractivity contribution in [3.05, 3.63) is 57.5 Å². The second kappa shape index (κ2) is 5.43. The minimum absolute atomic E-state index is 0.0488. The fourth-order valence-corrected chi connectivity index (χ4v) is 3.63. The average molecular weight is 275 g/mol. The number of nitrogens with one attached hydrogen (secondary N) is 1. The van der Waals surface area contributed by atoms with Crippen LogP contribution in [0.5, 0.6) is 0 Å². The molecule has 2 aromatic rings. The number of halogens is 1. The van der Waals surface area contributed by atoms with Crippen molar-refractivity contribution in [2.24, 2.45) is 0 Å². The third-order valence-corrected chi connectivity index (χ3v) is 4.55. The molecule has 2 atom stereocenters. The molecule has 0 spiro atoms. The van der Waals surface area contributed by atoms with Gasteiger partial charge in [0.05, 0.1) is 0 Å². The molecule has 0 amide bonds. The van der Waals surface area contributed by atoms with Crippen LogP contribution in [0.25, 0.3) is 0 Å². The lowest BCUT2D eigenvalue weighted by Crippen LogP contribution is -2.31. The minimum atomic E-state index is -0.0488.